The molecule has 174 valence electrons. The maximum Gasteiger partial charge on any atom is 0.157 e. The van der Waals surface area contributed by atoms with E-state index < -0.39 is 11.6 Å². The number of H-pyrrole nitrogens is 1. The molecule has 3 heterocycles. The highest BCUT2D eigenvalue weighted by atomic mass is 19.1. The zero-order chi connectivity index (χ0) is 24.5. The quantitative estimate of drug-likeness (QED) is 0.278. The van der Waals surface area contributed by atoms with Crippen molar-refractivity contribution in [3.63, 3.8) is 0 Å². The van der Waals surface area contributed by atoms with E-state index in [-0.39, 0.29) is 10.9 Å². The topological polar surface area (TPSA) is 109 Å². The minimum atomic E-state index is -0.591. The Balaban J connectivity index is 1.60. The van der Waals surface area contributed by atoms with Gasteiger partial charge in [-0.1, -0.05) is 6.07 Å². The summed E-state index contributed by atoms with van der Waals surface area (Å²) in [6, 6.07) is 13.1. The van der Waals surface area contributed by atoms with Crippen molar-refractivity contribution < 1.29 is 8.78 Å². The number of nitrogens with zero attached hydrogens (tertiary/aromatic N) is 6. The van der Waals surface area contributed by atoms with E-state index in [1.165, 1.54) is 12.5 Å². The molecular weight excluding hydrogens is 450 g/mol. The Morgan fingerprint density at radius 3 is 2.49 bits per heavy atom. The number of rotatable bonds is 4. The van der Waals surface area contributed by atoms with Crippen LogP contribution in [0.2, 0.25) is 0 Å². The number of anilines is 2. The van der Waals surface area contributed by atoms with Crippen molar-refractivity contribution in [2.75, 3.05) is 17.7 Å². The number of hydrogen-bond donors (Lipinski definition) is 2. The Hall–Kier alpha value is -4.73. The number of pyridine rings is 2. The molecule has 3 N–H and O–H groups in total. The van der Waals surface area contributed by atoms with E-state index in [1.54, 1.807) is 37.2 Å². The summed E-state index contributed by atoms with van der Waals surface area (Å²) in [5.41, 5.74) is 9.37. The van der Waals surface area contributed by atoms with Gasteiger partial charge in [-0.15, -0.1) is 0 Å². The van der Waals surface area contributed by atoms with Crippen molar-refractivity contribution >= 4 is 33.9 Å². The van der Waals surface area contributed by atoms with Crippen LogP contribution in [0.25, 0.3) is 33.4 Å². The number of nitrogens with two attached hydrogens (primary N) is 1. The fourth-order valence-electron chi connectivity index (χ4n) is 3.85. The Bertz CT molecular complexity index is 1560. The van der Waals surface area contributed by atoms with Gasteiger partial charge in [0.15, 0.2) is 5.82 Å². The van der Waals surface area contributed by atoms with E-state index in [1.807, 2.05) is 24.3 Å². The summed E-state index contributed by atoms with van der Waals surface area (Å²) in [4.78, 5) is 18.8. The maximum atomic E-state index is 14.7. The van der Waals surface area contributed by atoms with Gasteiger partial charge in [-0.3, -0.25) is 10.1 Å². The van der Waals surface area contributed by atoms with Crippen LogP contribution in [0.15, 0.2) is 72.2 Å². The van der Waals surface area contributed by atoms with E-state index in [0.717, 1.165) is 23.3 Å². The number of nitrogen functional groups attached to an aromatic ring is 1. The number of amidine groups is 1. The number of nitrogens with one attached hydrogen (secondary N) is 1. The first-order chi connectivity index (χ1) is 16.9. The summed E-state index contributed by atoms with van der Waals surface area (Å²) in [7, 11) is 1.74. The SMILES string of the molecule is CC(=Nc1ccc(-c2ccnc(N)c2)cc1-c1ncn[nH]1)N(C)c1ccnc2c(F)ccc(F)c12. The molecule has 0 bridgehead atoms. The number of fused-ring (bicyclic) bond motifs is 1. The van der Waals surface area contributed by atoms with Crippen LogP contribution in [0.5, 0.6) is 0 Å². The number of benzene rings is 2. The third-order valence-corrected chi connectivity index (χ3v) is 5.68. The molecule has 0 saturated heterocycles. The van der Waals surface area contributed by atoms with Crippen molar-refractivity contribution in [1.29, 1.82) is 0 Å². The van der Waals surface area contributed by atoms with Crippen LogP contribution < -0.4 is 10.6 Å². The minimum Gasteiger partial charge on any atom is -0.384 e. The van der Waals surface area contributed by atoms with Gasteiger partial charge in [0.1, 0.15) is 35.1 Å². The van der Waals surface area contributed by atoms with Gasteiger partial charge in [0.2, 0.25) is 0 Å². The molecule has 5 aromatic rings. The van der Waals surface area contributed by atoms with Gasteiger partial charge in [0.05, 0.1) is 16.8 Å². The van der Waals surface area contributed by atoms with Gasteiger partial charge in [-0.05, 0) is 60.5 Å². The number of aromatic nitrogens is 5. The maximum absolute atomic E-state index is 14.7. The van der Waals surface area contributed by atoms with E-state index in [2.05, 4.69) is 25.1 Å². The van der Waals surface area contributed by atoms with Gasteiger partial charge in [0, 0.05) is 25.0 Å². The lowest BCUT2D eigenvalue weighted by atomic mass is 10.0. The predicted molar refractivity (Wildman–Crippen MR) is 132 cm³/mol. The summed E-state index contributed by atoms with van der Waals surface area (Å²) >= 11 is 0. The van der Waals surface area contributed by atoms with Crippen LogP contribution in [0.1, 0.15) is 6.92 Å². The van der Waals surface area contributed by atoms with E-state index in [9.17, 15) is 8.78 Å². The molecule has 35 heavy (non-hydrogen) atoms. The smallest absolute Gasteiger partial charge is 0.157 e. The highest BCUT2D eigenvalue weighted by Gasteiger charge is 2.17. The first-order valence-corrected chi connectivity index (χ1v) is 10.7. The van der Waals surface area contributed by atoms with Crippen LogP contribution in [-0.2, 0) is 0 Å². The summed E-state index contributed by atoms with van der Waals surface area (Å²) in [5, 5.41) is 6.92. The van der Waals surface area contributed by atoms with Crippen molar-refractivity contribution in [1.82, 2.24) is 25.1 Å². The standard InChI is InChI=1S/C25H20F2N8/c1-14(35(2)21-8-10-30-24-19(27)5-4-18(26)23(21)24)33-20-6-3-15(16-7-9-29-22(28)12-16)11-17(20)25-31-13-32-34-25/h3-13H,1-2H3,(H2,28,29)(H,31,32,34). The third-order valence-electron chi connectivity index (χ3n) is 5.68. The summed E-state index contributed by atoms with van der Waals surface area (Å²) in [6.45, 7) is 1.78. The third kappa shape index (κ3) is 4.17. The summed E-state index contributed by atoms with van der Waals surface area (Å²) in [5.74, 6) is 0.337. The Labute approximate surface area is 199 Å². The average Bonchev–Trinajstić information content (AvgIpc) is 3.40. The van der Waals surface area contributed by atoms with E-state index >= 15 is 0 Å². The van der Waals surface area contributed by atoms with Crippen LogP contribution in [0.4, 0.5) is 26.0 Å². The zero-order valence-corrected chi connectivity index (χ0v) is 18.9. The second-order valence-corrected chi connectivity index (χ2v) is 7.84. The molecule has 0 amide bonds. The first-order valence-electron chi connectivity index (χ1n) is 10.7. The Morgan fingerprint density at radius 2 is 1.71 bits per heavy atom. The number of halogens is 2. The molecule has 0 fully saturated rings. The predicted octanol–water partition coefficient (Wildman–Crippen LogP) is 5.13. The molecule has 0 aliphatic carbocycles. The summed E-state index contributed by atoms with van der Waals surface area (Å²) < 4.78 is 28.9. The monoisotopic (exact) mass is 470 g/mol. The average molecular weight is 470 g/mol. The van der Waals surface area contributed by atoms with Gasteiger partial charge < -0.3 is 10.6 Å². The molecule has 0 radical (unpaired) electrons. The number of aliphatic imine (C=N–C) groups is 1. The molecule has 0 atom stereocenters. The molecular formula is C25H20F2N8. The Kier molecular flexibility index (Phi) is 5.61. The van der Waals surface area contributed by atoms with Crippen LogP contribution in [-0.4, -0.2) is 38.0 Å². The van der Waals surface area contributed by atoms with Crippen LogP contribution in [0.3, 0.4) is 0 Å². The van der Waals surface area contributed by atoms with Gasteiger partial charge in [-0.2, -0.15) is 5.10 Å². The summed E-state index contributed by atoms with van der Waals surface area (Å²) in [6.07, 6.45) is 4.50. The molecule has 0 saturated carbocycles. The molecule has 0 spiro atoms. The second-order valence-electron chi connectivity index (χ2n) is 7.84. The molecule has 2 aromatic carbocycles. The van der Waals surface area contributed by atoms with Crippen LogP contribution in [0, 0.1) is 11.6 Å². The van der Waals surface area contributed by atoms with Crippen LogP contribution >= 0.6 is 0 Å². The van der Waals surface area contributed by atoms with Crippen molar-refractivity contribution in [2.45, 2.75) is 6.92 Å². The lowest BCUT2D eigenvalue weighted by Gasteiger charge is -2.21. The molecule has 0 aliphatic heterocycles. The van der Waals surface area contributed by atoms with Gasteiger partial charge in [0.25, 0.3) is 0 Å². The second kappa shape index (κ2) is 8.90. The first kappa shape index (κ1) is 22.1. The molecule has 0 aliphatic rings. The minimum absolute atomic E-state index is 0.0366. The lowest BCUT2D eigenvalue weighted by Crippen LogP contribution is -2.23. The van der Waals surface area contributed by atoms with E-state index in [4.69, 9.17) is 10.7 Å². The molecule has 3 aromatic heterocycles. The van der Waals surface area contributed by atoms with Gasteiger partial charge >= 0.3 is 0 Å². The molecule has 0 unspecified atom stereocenters. The fraction of sp³-hybridized carbons (Fsp3) is 0.0800. The lowest BCUT2D eigenvalue weighted by molar-refractivity contribution is 0.615. The number of hydrogen-bond acceptors (Lipinski definition) is 6. The van der Waals surface area contributed by atoms with Gasteiger partial charge in [-0.25, -0.2) is 23.7 Å². The fourth-order valence-corrected chi connectivity index (χ4v) is 3.85. The molecule has 5 rings (SSSR count). The van der Waals surface area contributed by atoms with Crippen molar-refractivity contribution in [2.24, 2.45) is 4.99 Å². The number of aromatic amines is 1. The molecule has 8 nitrogen and oxygen atoms in total. The highest BCUT2D eigenvalue weighted by molar-refractivity contribution is 6.05. The van der Waals surface area contributed by atoms with E-state index in [0.29, 0.717) is 34.4 Å². The zero-order valence-electron chi connectivity index (χ0n) is 18.9. The Morgan fingerprint density at radius 1 is 0.943 bits per heavy atom. The van der Waals surface area contributed by atoms with Crippen molar-refractivity contribution in [3.8, 4) is 22.5 Å². The normalized spacial score (nSPS) is 11.7. The molecule has 10 heteroatoms. The highest BCUT2D eigenvalue weighted by Crippen LogP contribution is 2.34. The van der Waals surface area contributed by atoms with Crippen molar-refractivity contribution in [3.05, 3.63) is 78.9 Å². The largest absolute Gasteiger partial charge is 0.384 e.